The van der Waals surface area contributed by atoms with Crippen LogP contribution in [0.1, 0.15) is 91.4 Å². The standard InChI is InChI=1S/C24H33NO4/c1-7-10-19(26)23-15(5)11-14(4)22(16(23)6)17-12-20(27)24(21(28)13-17)18(8-2)25-29-9-3/h11,17,27H,7-10,12-13H2,1-6H3. The molecule has 29 heavy (non-hydrogen) atoms. The van der Waals surface area contributed by atoms with Gasteiger partial charge in [-0.05, 0) is 68.7 Å². The summed E-state index contributed by atoms with van der Waals surface area (Å²) in [5.41, 5.74) is 5.53. The molecule has 1 atom stereocenters. The van der Waals surface area contributed by atoms with E-state index >= 15 is 0 Å². The van der Waals surface area contributed by atoms with Crippen LogP contribution < -0.4 is 0 Å². The molecule has 0 saturated heterocycles. The van der Waals surface area contributed by atoms with E-state index in [2.05, 4.69) is 5.16 Å². The molecule has 0 heterocycles. The van der Waals surface area contributed by atoms with Gasteiger partial charge in [-0.1, -0.05) is 25.1 Å². The van der Waals surface area contributed by atoms with Crippen molar-refractivity contribution in [2.75, 3.05) is 6.61 Å². The summed E-state index contributed by atoms with van der Waals surface area (Å²) in [7, 11) is 0. The van der Waals surface area contributed by atoms with Crippen LogP contribution in [0.3, 0.4) is 0 Å². The monoisotopic (exact) mass is 399 g/mol. The van der Waals surface area contributed by atoms with Crippen molar-refractivity contribution in [2.24, 2.45) is 5.16 Å². The number of hydrogen-bond donors (Lipinski definition) is 1. The number of nitrogens with zero attached hydrogens (tertiary/aromatic N) is 1. The Balaban J connectivity index is 2.49. The number of rotatable bonds is 8. The molecule has 1 aromatic rings. The largest absolute Gasteiger partial charge is 0.511 e. The van der Waals surface area contributed by atoms with Crippen LogP contribution in [0, 0.1) is 20.8 Å². The van der Waals surface area contributed by atoms with Gasteiger partial charge in [-0.15, -0.1) is 0 Å². The number of ketones is 2. The highest BCUT2D eigenvalue weighted by molar-refractivity contribution is 6.23. The van der Waals surface area contributed by atoms with E-state index in [0.717, 1.165) is 34.2 Å². The second-order valence-electron chi connectivity index (χ2n) is 7.76. The maximum Gasteiger partial charge on any atom is 0.168 e. The lowest BCUT2D eigenvalue weighted by Crippen LogP contribution is -2.25. The zero-order chi connectivity index (χ0) is 21.7. The summed E-state index contributed by atoms with van der Waals surface area (Å²) < 4.78 is 0. The Bertz CT molecular complexity index is 864. The molecule has 1 aliphatic rings. The smallest absolute Gasteiger partial charge is 0.168 e. The number of aliphatic hydroxyl groups excluding tert-OH is 1. The maximum absolute atomic E-state index is 12.9. The number of carbonyl (C=O) groups is 2. The number of oxime groups is 1. The van der Waals surface area contributed by atoms with Crippen LogP contribution in [-0.2, 0) is 9.63 Å². The minimum Gasteiger partial charge on any atom is -0.511 e. The van der Waals surface area contributed by atoms with Gasteiger partial charge >= 0.3 is 0 Å². The molecular weight excluding hydrogens is 366 g/mol. The van der Waals surface area contributed by atoms with Crippen molar-refractivity contribution >= 4 is 17.3 Å². The van der Waals surface area contributed by atoms with Gasteiger partial charge in [0.25, 0.3) is 0 Å². The number of aliphatic hydroxyl groups is 1. The zero-order valence-corrected chi connectivity index (χ0v) is 18.5. The topological polar surface area (TPSA) is 76.0 Å². The van der Waals surface area contributed by atoms with Crippen LogP contribution in [0.25, 0.3) is 0 Å². The molecule has 0 aliphatic heterocycles. The van der Waals surface area contributed by atoms with E-state index in [1.54, 1.807) is 0 Å². The van der Waals surface area contributed by atoms with E-state index in [-0.39, 0.29) is 29.7 Å². The average molecular weight is 400 g/mol. The molecule has 1 unspecified atom stereocenters. The molecule has 0 radical (unpaired) electrons. The first kappa shape index (κ1) is 22.9. The highest BCUT2D eigenvalue weighted by Gasteiger charge is 2.33. The van der Waals surface area contributed by atoms with Crippen LogP contribution in [0.5, 0.6) is 0 Å². The fourth-order valence-corrected chi connectivity index (χ4v) is 4.47. The second kappa shape index (κ2) is 9.86. The predicted molar refractivity (Wildman–Crippen MR) is 116 cm³/mol. The van der Waals surface area contributed by atoms with Gasteiger partial charge in [0.1, 0.15) is 12.4 Å². The van der Waals surface area contributed by atoms with Crippen molar-refractivity contribution in [3.05, 3.63) is 45.2 Å². The van der Waals surface area contributed by atoms with Crippen molar-refractivity contribution in [1.82, 2.24) is 0 Å². The normalized spacial score (nSPS) is 17.7. The lowest BCUT2D eigenvalue weighted by Gasteiger charge is -2.28. The van der Waals surface area contributed by atoms with Gasteiger partial charge in [-0.3, -0.25) is 9.59 Å². The number of Topliss-reactive ketones (excluding diaryl/α,β-unsaturated/α-hetero) is 2. The number of benzene rings is 1. The van der Waals surface area contributed by atoms with E-state index in [1.807, 2.05) is 47.6 Å². The Morgan fingerprint density at radius 1 is 1.17 bits per heavy atom. The van der Waals surface area contributed by atoms with Gasteiger partial charge in [-0.25, -0.2) is 0 Å². The first-order valence-electron chi connectivity index (χ1n) is 10.5. The second-order valence-corrected chi connectivity index (χ2v) is 7.76. The Morgan fingerprint density at radius 3 is 2.41 bits per heavy atom. The van der Waals surface area contributed by atoms with Gasteiger partial charge in [0.15, 0.2) is 11.6 Å². The summed E-state index contributed by atoms with van der Waals surface area (Å²) in [6.07, 6.45) is 2.47. The average Bonchev–Trinajstić information content (AvgIpc) is 2.63. The van der Waals surface area contributed by atoms with Gasteiger partial charge in [0, 0.05) is 24.8 Å². The first-order valence-corrected chi connectivity index (χ1v) is 10.5. The summed E-state index contributed by atoms with van der Waals surface area (Å²) in [4.78, 5) is 30.7. The van der Waals surface area contributed by atoms with E-state index in [4.69, 9.17) is 4.84 Å². The number of hydrogen-bond acceptors (Lipinski definition) is 5. The first-order chi connectivity index (χ1) is 13.8. The SMILES string of the molecule is CCCC(=O)c1c(C)cc(C)c(C2CC(=O)C(C(CC)=NOCC)=C(O)C2)c1C. The van der Waals surface area contributed by atoms with Crippen molar-refractivity contribution < 1.29 is 19.5 Å². The lowest BCUT2D eigenvalue weighted by atomic mass is 9.76. The minimum atomic E-state index is -0.148. The quantitative estimate of drug-likeness (QED) is 0.348. The zero-order valence-electron chi connectivity index (χ0n) is 18.5. The van der Waals surface area contributed by atoms with Gasteiger partial charge in [-0.2, -0.15) is 0 Å². The van der Waals surface area contributed by atoms with Crippen molar-refractivity contribution in [3.8, 4) is 0 Å². The third-order valence-corrected chi connectivity index (χ3v) is 5.56. The molecule has 2 rings (SSSR count). The Labute approximate surface area is 173 Å². The van der Waals surface area contributed by atoms with Crippen molar-refractivity contribution in [3.63, 3.8) is 0 Å². The summed E-state index contributed by atoms with van der Waals surface area (Å²) in [6.45, 7) is 12.1. The number of aryl methyl sites for hydroxylation is 2. The summed E-state index contributed by atoms with van der Waals surface area (Å²) >= 11 is 0. The molecule has 1 aromatic carbocycles. The highest BCUT2D eigenvalue weighted by Crippen LogP contribution is 2.39. The molecule has 158 valence electrons. The van der Waals surface area contributed by atoms with Crippen LogP contribution >= 0.6 is 0 Å². The Hall–Kier alpha value is -2.43. The lowest BCUT2D eigenvalue weighted by molar-refractivity contribution is -0.116. The number of carbonyl (C=O) groups excluding carboxylic acids is 2. The molecule has 0 bridgehead atoms. The van der Waals surface area contributed by atoms with Crippen LogP contribution in [0.2, 0.25) is 0 Å². The highest BCUT2D eigenvalue weighted by atomic mass is 16.6. The summed E-state index contributed by atoms with van der Waals surface area (Å²) in [5.74, 6) is -0.0686. The third-order valence-electron chi connectivity index (χ3n) is 5.56. The molecule has 0 amide bonds. The van der Waals surface area contributed by atoms with E-state index < -0.39 is 0 Å². The predicted octanol–water partition coefficient (Wildman–Crippen LogP) is 5.66. The van der Waals surface area contributed by atoms with Crippen molar-refractivity contribution in [2.45, 2.75) is 79.6 Å². The van der Waals surface area contributed by atoms with Crippen LogP contribution in [0.4, 0.5) is 0 Å². The minimum absolute atomic E-state index is 0.0624. The summed E-state index contributed by atoms with van der Waals surface area (Å²) in [6, 6.07) is 2.03. The molecule has 1 aliphatic carbocycles. The number of allylic oxidation sites excluding steroid dienone is 2. The van der Waals surface area contributed by atoms with E-state index in [1.165, 1.54) is 0 Å². The molecule has 0 aromatic heterocycles. The van der Waals surface area contributed by atoms with Crippen LogP contribution in [-0.4, -0.2) is 29.0 Å². The summed E-state index contributed by atoms with van der Waals surface area (Å²) in [5, 5.41) is 14.7. The van der Waals surface area contributed by atoms with Crippen molar-refractivity contribution in [1.29, 1.82) is 0 Å². The molecule has 0 spiro atoms. The van der Waals surface area contributed by atoms with Gasteiger partial charge < -0.3 is 9.94 Å². The molecule has 5 nitrogen and oxygen atoms in total. The fraction of sp³-hybridized carbons (Fsp3) is 0.542. The van der Waals surface area contributed by atoms with E-state index in [9.17, 15) is 14.7 Å². The molecule has 5 heteroatoms. The Morgan fingerprint density at radius 2 is 1.86 bits per heavy atom. The van der Waals surface area contributed by atoms with Gasteiger partial charge in [0.05, 0.1) is 11.3 Å². The van der Waals surface area contributed by atoms with Crippen LogP contribution in [0.15, 0.2) is 22.6 Å². The maximum atomic E-state index is 12.9. The molecule has 0 fully saturated rings. The Kier molecular flexibility index (Phi) is 7.77. The van der Waals surface area contributed by atoms with E-state index in [0.29, 0.717) is 37.2 Å². The molecule has 0 saturated carbocycles. The third kappa shape index (κ3) is 4.77. The fourth-order valence-electron chi connectivity index (χ4n) is 4.47. The molecular formula is C24H33NO4. The van der Waals surface area contributed by atoms with Gasteiger partial charge in [0.2, 0.25) is 0 Å². The molecule has 1 N–H and O–H groups in total.